The third-order valence-electron chi connectivity index (χ3n) is 3.40. The molecule has 19 heavy (non-hydrogen) atoms. The number of rotatable bonds is 3. The maximum Gasteiger partial charge on any atom is 0.130 e. The minimum absolute atomic E-state index is 0.136. The van der Waals surface area contributed by atoms with Crippen LogP contribution in [0.25, 0.3) is 11.3 Å². The van der Waals surface area contributed by atoms with Crippen LogP contribution in [0.5, 0.6) is 0 Å². The molecule has 0 radical (unpaired) electrons. The first-order valence-corrected chi connectivity index (χ1v) is 6.43. The molecule has 100 valence electrons. The van der Waals surface area contributed by atoms with Gasteiger partial charge in [-0.1, -0.05) is 13.8 Å². The van der Waals surface area contributed by atoms with E-state index in [1.54, 1.807) is 12.4 Å². The van der Waals surface area contributed by atoms with Gasteiger partial charge in [-0.3, -0.25) is 9.67 Å². The number of aromatic nitrogens is 3. The molecule has 5 heteroatoms. The topological polar surface area (TPSA) is 39.9 Å². The fraction of sp³-hybridized carbons (Fsp3) is 0.429. The molecule has 1 aliphatic rings. The molecule has 4 nitrogen and oxygen atoms in total. The molecule has 2 aromatic heterocycles. The van der Waals surface area contributed by atoms with Crippen LogP contribution in [0.2, 0.25) is 0 Å². The highest BCUT2D eigenvalue weighted by molar-refractivity contribution is 5.57. The maximum atomic E-state index is 13.9. The van der Waals surface area contributed by atoms with Crippen LogP contribution in [0.15, 0.2) is 24.7 Å². The van der Waals surface area contributed by atoms with Gasteiger partial charge >= 0.3 is 0 Å². The van der Waals surface area contributed by atoms with Gasteiger partial charge in [0, 0.05) is 29.6 Å². The van der Waals surface area contributed by atoms with Crippen molar-refractivity contribution in [3.63, 3.8) is 0 Å². The van der Waals surface area contributed by atoms with Crippen LogP contribution in [0.1, 0.15) is 31.4 Å². The molecular formula is C14H16FN3O. The minimum atomic E-state index is -0.209. The lowest BCUT2D eigenvalue weighted by molar-refractivity contribution is -0.0286. The van der Waals surface area contributed by atoms with Gasteiger partial charge in [0.1, 0.15) is 5.82 Å². The normalized spacial score (nSPS) is 15.8. The van der Waals surface area contributed by atoms with E-state index < -0.39 is 0 Å². The van der Waals surface area contributed by atoms with E-state index in [-0.39, 0.29) is 11.7 Å². The zero-order chi connectivity index (χ0) is 13.4. The lowest BCUT2D eigenvalue weighted by Crippen LogP contribution is -2.30. The molecule has 0 spiro atoms. The summed E-state index contributed by atoms with van der Waals surface area (Å²) in [7, 11) is 0. The standard InChI is InChI=1S/C14H16FN3O/c1-9(2)12-5-16-14(3-13(12)15)10-4-17-18(6-10)11-7-19-8-11/h3-6,9,11H,7-8H2,1-2H3. The highest BCUT2D eigenvalue weighted by atomic mass is 19.1. The molecule has 0 unspecified atom stereocenters. The van der Waals surface area contributed by atoms with Gasteiger partial charge in [0.2, 0.25) is 0 Å². The molecule has 1 saturated heterocycles. The first-order valence-electron chi connectivity index (χ1n) is 6.43. The summed E-state index contributed by atoms with van der Waals surface area (Å²) < 4.78 is 20.9. The van der Waals surface area contributed by atoms with Gasteiger partial charge < -0.3 is 4.74 Å². The summed E-state index contributed by atoms with van der Waals surface area (Å²) >= 11 is 0. The van der Waals surface area contributed by atoms with Crippen molar-refractivity contribution in [3.05, 3.63) is 36.0 Å². The third kappa shape index (κ3) is 2.26. The molecule has 0 atom stereocenters. The quantitative estimate of drug-likeness (QED) is 0.853. The Morgan fingerprint density at radius 3 is 2.74 bits per heavy atom. The van der Waals surface area contributed by atoms with Gasteiger partial charge in [-0.05, 0) is 5.92 Å². The van der Waals surface area contributed by atoms with Gasteiger partial charge in [-0.2, -0.15) is 5.10 Å². The third-order valence-corrected chi connectivity index (χ3v) is 3.40. The van der Waals surface area contributed by atoms with Gasteiger partial charge in [0.25, 0.3) is 0 Å². The smallest absolute Gasteiger partial charge is 0.130 e. The Bertz CT molecular complexity index is 590. The molecule has 0 saturated carbocycles. The van der Waals surface area contributed by atoms with Gasteiger partial charge in [-0.15, -0.1) is 0 Å². The summed E-state index contributed by atoms with van der Waals surface area (Å²) in [6, 6.07) is 1.78. The Balaban J connectivity index is 1.89. The van der Waals surface area contributed by atoms with Crippen molar-refractivity contribution in [3.8, 4) is 11.3 Å². The molecule has 0 amide bonds. The van der Waals surface area contributed by atoms with E-state index in [9.17, 15) is 4.39 Å². The predicted octanol–water partition coefficient (Wildman–Crippen LogP) is 2.78. The lowest BCUT2D eigenvalue weighted by Gasteiger charge is -2.25. The van der Waals surface area contributed by atoms with Crippen LogP contribution in [0.3, 0.4) is 0 Å². The van der Waals surface area contributed by atoms with Crippen LogP contribution in [-0.2, 0) is 4.74 Å². The maximum absolute atomic E-state index is 13.9. The van der Waals surface area contributed by atoms with Crippen molar-refractivity contribution in [1.82, 2.24) is 14.8 Å². The van der Waals surface area contributed by atoms with Crippen LogP contribution < -0.4 is 0 Å². The molecule has 0 N–H and O–H groups in total. The Morgan fingerprint density at radius 1 is 1.37 bits per heavy atom. The summed E-state index contributed by atoms with van der Waals surface area (Å²) in [6.07, 6.45) is 5.22. The Kier molecular flexibility index (Phi) is 3.06. The Hall–Kier alpha value is -1.75. The van der Waals surface area contributed by atoms with Gasteiger partial charge in [0.05, 0.1) is 31.1 Å². The summed E-state index contributed by atoms with van der Waals surface area (Å²) in [6.45, 7) is 5.28. The van der Waals surface area contributed by atoms with E-state index in [0.717, 1.165) is 5.56 Å². The SMILES string of the molecule is CC(C)c1cnc(-c2cnn(C3COC3)c2)cc1F. The number of hydrogen-bond donors (Lipinski definition) is 0. The van der Waals surface area contributed by atoms with E-state index in [1.165, 1.54) is 6.07 Å². The number of ether oxygens (including phenoxy) is 1. The molecule has 2 aromatic rings. The van der Waals surface area contributed by atoms with Crippen molar-refractivity contribution < 1.29 is 9.13 Å². The molecule has 0 aromatic carbocycles. The predicted molar refractivity (Wildman–Crippen MR) is 69.4 cm³/mol. The number of halogens is 1. The number of nitrogens with zero attached hydrogens (tertiary/aromatic N) is 3. The zero-order valence-corrected chi connectivity index (χ0v) is 11.0. The van der Waals surface area contributed by atoms with Crippen molar-refractivity contribution in [2.45, 2.75) is 25.8 Å². The Morgan fingerprint density at radius 2 is 2.16 bits per heavy atom. The Labute approximate surface area is 111 Å². The van der Waals surface area contributed by atoms with Crippen molar-refractivity contribution in [1.29, 1.82) is 0 Å². The molecule has 1 aliphatic heterocycles. The molecule has 0 bridgehead atoms. The molecule has 0 aliphatic carbocycles. The average molecular weight is 261 g/mol. The second kappa shape index (κ2) is 4.74. The zero-order valence-electron chi connectivity index (χ0n) is 11.0. The van der Waals surface area contributed by atoms with Crippen LogP contribution in [0, 0.1) is 5.82 Å². The second-order valence-corrected chi connectivity index (χ2v) is 5.15. The van der Waals surface area contributed by atoms with Crippen LogP contribution in [-0.4, -0.2) is 28.0 Å². The monoisotopic (exact) mass is 261 g/mol. The van der Waals surface area contributed by atoms with Crippen LogP contribution >= 0.6 is 0 Å². The van der Waals surface area contributed by atoms with Gasteiger partial charge in [-0.25, -0.2) is 4.39 Å². The summed E-state index contributed by atoms with van der Waals surface area (Å²) in [5, 5.41) is 4.28. The van der Waals surface area contributed by atoms with E-state index in [2.05, 4.69) is 10.1 Å². The second-order valence-electron chi connectivity index (χ2n) is 5.15. The highest BCUT2D eigenvalue weighted by Crippen LogP contribution is 2.24. The van der Waals surface area contributed by atoms with Crippen LogP contribution in [0.4, 0.5) is 4.39 Å². The molecule has 3 rings (SSSR count). The fourth-order valence-corrected chi connectivity index (χ4v) is 2.07. The number of hydrogen-bond acceptors (Lipinski definition) is 3. The summed E-state index contributed by atoms with van der Waals surface area (Å²) in [5.74, 6) is -0.0730. The largest absolute Gasteiger partial charge is 0.377 e. The van der Waals surface area contributed by atoms with E-state index in [4.69, 9.17) is 4.74 Å². The number of pyridine rings is 1. The fourth-order valence-electron chi connectivity index (χ4n) is 2.07. The first kappa shape index (κ1) is 12.3. The van der Waals surface area contributed by atoms with Crippen molar-refractivity contribution in [2.75, 3.05) is 13.2 Å². The van der Waals surface area contributed by atoms with Crippen molar-refractivity contribution in [2.24, 2.45) is 0 Å². The summed E-state index contributed by atoms with van der Waals surface area (Å²) in [5.41, 5.74) is 2.10. The molecular weight excluding hydrogens is 245 g/mol. The lowest BCUT2D eigenvalue weighted by atomic mass is 10.0. The van der Waals surface area contributed by atoms with Crippen molar-refractivity contribution >= 4 is 0 Å². The first-order chi connectivity index (χ1) is 9.15. The highest BCUT2D eigenvalue weighted by Gasteiger charge is 2.21. The van der Waals surface area contributed by atoms with E-state index in [1.807, 2.05) is 24.7 Å². The van der Waals surface area contributed by atoms with Gasteiger partial charge in [0.15, 0.2) is 0 Å². The van der Waals surface area contributed by atoms with E-state index >= 15 is 0 Å². The molecule has 3 heterocycles. The molecule has 1 fully saturated rings. The average Bonchev–Trinajstić information content (AvgIpc) is 2.75. The minimum Gasteiger partial charge on any atom is -0.377 e. The summed E-state index contributed by atoms with van der Waals surface area (Å²) in [4.78, 5) is 4.32. The van der Waals surface area contributed by atoms with E-state index in [0.29, 0.717) is 30.5 Å².